The number of benzene rings is 1. The lowest BCUT2D eigenvalue weighted by molar-refractivity contribution is -0.137. The van der Waals surface area contributed by atoms with Crippen molar-refractivity contribution in [3.63, 3.8) is 0 Å². The molecule has 0 bridgehead atoms. The molecule has 0 aliphatic heterocycles. The molecule has 0 spiro atoms. The van der Waals surface area contributed by atoms with E-state index in [9.17, 15) is 27.2 Å². The molecule has 1 rings (SSSR count). The summed E-state index contributed by atoms with van der Waals surface area (Å²) in [6.45, 7) is 15.2. The van der Waals surface area contributed by atoms with Crippen LogP contribution >= 0.6 is 11.6 Å². The van der Waals surface area contributed by atoms with Crippen LogP contribution in [0.15, 0.2) is 12.1 Å². The van der Waals surface area contributed by atoms with Gasteiger partial charge in [0.2, 0.25) is 0 Å². The number of carbonyl (C=O) groups excluding carboxylic acids is 2. The van der Waals surface area contributed by atoms with Crippen LogP contribution in [0.1, 0.15) is 70.3 Å². The van der Waals surface area contributed by atoms with Crippen LogP contribution in [0, 0.1) is 5.82 Å². The number of ketones is 1. The van der Waals surface area contributed by atoms with Crippen molar-refractivity contribution in [2.75, 3.05) is 6.54 Å². The molecule has 1 aromatic rings. The average molecular weight is 528 g/mol. The van der Waals surface area contributed by atoms with Gasteiger partial charge in [-0.2, -0.15) is 13.2 Å². The highest BCUT2D eigenvalue weighted by atomic mass is 35.5. The third-order valence-corrected chi connectivity index (χ3v) is 10.3. The van der Waals surface area contributed by atoms with Gasteiger partial charge in [0.1, 0.15) is 11.4 Å². The Morgan fingerprint density at radius 1 is 1.09 bits per heavy atom. The van der Waals surface area contributed by atoms with Crippen LogP contribution in [0.5, 0.6) is 0 Å². The van der Waals surface area contributed by atoms with E-state index in [0.717, 1.165) is 0 Å². The first kappa shape index (κ1) is 30.4. The number of alkyl halides is 3. The van der Waals surface area contributed by atoms with Gasteiger partial charge in [0.15, 0.2) is 14.1 Å². The summed E-state index contributed by atoms with van der Waals surface area (Å²) >= 11 is 5.87. The van der Waals surface area contributed by atoms with Gasteiger partial charge in [-0.15, -0.1) is 0 Å². The van der Waals surface area contributed by atoms with Crippen LogP contribution < -0.4 is 5.32 Å². The molecule has 0 saturated carbocycles. The number of halogens is 5. The lowest BCUT2D eigenvalue weighted by atomic mass is 10.0. The lowest BCUT2D eigenvalue weighted by Crippen LogP contribution is -2.45. The molecule has 0 aromatic heterocycles. The summed E-state index contributed by atoms with van der Waals surface area (Å²) in [7, 11) is -2.38. The minimum Gasteiger partial charge on any atom is -0.444 e. The molecule has 1 atom stereocenters. The van der Waals surface area contributed by atoms with Gasteiger partial charge in [-0.3, -0.25) is 4.79 Å². The molecular formula is C23H34ClF4NO4Si. The van der Waals surface area contributed by atoms with Crippen molar-refractivity contribution in [1.29, 1.82) is 0 Å². The van der Waals surface area contributed by atoms with Crippen LogP contribution in [0.25, 0.3) is 0 Å². The predicted octanol–water partition coefficient (Wildman–Crippen LogP) is 7.38. The molecule has 1 aromatic carbocycles. The molecule has 0 aliphatic rings. The van der Waals surface area contributed by atoms with Crippen LogP contribution in [-0.4, -0.2) is 38.4 Å². The highest BCUT2D eigenvalue weighted by Crippen LogP contribution is 2.39. The quantitative estimate of drug-likeness (QED) is 0.218. The van der Waals surface area contributed by atoms with E-state index in [1.807, 2.05) is 33.9 Å². The number of alkyl carbamates (subject to hydrolysis) is 1. The maximum absolute atomic E-state index is 14.5. The Bertz CT molecular complexity index is 869. The molecule has 194 valence electrons. The van der Waals surface area contributed by atoms with Crippen molar-refractivity contribution in [3.8, 4) is 0 Å². The van der Waals surface area contributed by atoms with Gasteiger partial charge < -0.3 is 14.5 Å². The van der Waals surface area contributed by atoms with Crippen LogP contribution in [-0.2, 0) is 15.3 Å². The number of rotatable bonds is 8. The second kappa shape index (κ2) is 10.9. The van der Waals surface area contributed by atoms with Crippen molar-refractivity contribution in [2.24, 2.45) is 0 Å². The lowest BCUT2D eigenvalue weighted by Gasteiger charge is -2.39. The second-order valence-corrected chi connectivity index (χ2v) is 15.8. The fraction of sp³-hybridized carbons (Fsp3) is 0.652. The Kier molecular flexibility index (Phi) is 9.78. The zero-order chi connectivity index (χ0) is 26.7. The highest BCUT2D eigenvalue weighted by Gasteiger charge is 2.40. The predicted molar refractivity (Wildman–Crippen MR) is 126 cm³/mol. The SMILES string of the molecule is CC(C)(C)OC(=O)NCC[C@@H](CC(=O)c1c(F)cc(C(F)(F)F)cc1Cl)O[Si](C)(C)C(C)(C)C. The standard InChI is InChI=1S/C23H34ClF4NO4Si/c1-21(2,3)32-20(31)29-10-9-15(33-34(7,8)22(4,5)6)13-18(30)19-16(24)11-14(12-17(19)25)23(26,27)28/h11-12,15H,9-10,13H2,1-8H3,(H,29,31)/t15-/m0/s1. The van der Waals surface area contributed by atoms with E-state index >= 15 is 0 Å². The topological polar surface area (TPSA) is 64.6 Å². The summed E-state index contributed by atoms with van der Waals surface area (Å²) in [5.41, 5.74) is -2.57. The fourth-order valence-corrected chi connectivity index (χ4v) is 4.46. The molecule has 0 radical (unpaired) electrons. The summed E-state index contributed by atoms with van der Waals surface area (Å²) in [6, 6.07) is 0.790. The number of ether oxygens (including phenoxy) is 1. The van der Waals surface area contributed by atoms with Crippen molar-refractivity contribution in [1.82, 2.24) is 5.32 Å². The monoisotopic (exact) mass is 527 g/mol. The van der Waals surface area contributed by atoms with E-state index in [2.05, 4.69) is 5.32 Å². The smallest absolute Gasteiger partial charge is 0.416 e. The Labute approximate surface area is 204 Å². The molecule has 0 fully saturated rings. The van der Waals surface area contributed by atoms with E-state index in [1.165, 1.54) is 0 Å². The second-order valence-electron chi connectivity index (χ2n) is 10.7. The Morgan fingerprint density at radius 3 is 2.09 bits per heavy atom. The number of amides is 1. The third-order valence-electron chi connectivity index (χ3n) is 5.46. The molecule has 0 aliphatic carbocycles. The van der Waals surface area contributed by atoms with Gasteiger partial charge in [-0.05, 0) is 57.5 Å². The van der Waals surface area contributed by atoms with E-state index in [1.54, 1.807) is 20.8 Å². The first-order valence-electron chi connectivity index (χ1n) is 10.9. The average Bonchev–Trinajstić information content (AvgIpc) is 2.57. The van der Waals surface area contributed by atoms with Gasteiger partial charge in [0.05, 0.1) is 22.3 Å². The Morgan fingerprint density at radius 2 is 1.65 bits per heavy atom. The number of Topliss-reactive ketones (excluding diaryl/α,β-unsaturated/α-hetero) is 1. The normalized spacial score (nSPS) is 14.0. The van der Waals surface area contributed by atoms with Gasteiger partial charge in [-0.1, -0.05) is 32.4 Å². The maximum Gasteiger partial charge on any atom is 0.416 e. The van der Waals surface area contributed by atoms with E-state index in [-0.39, 0.29) is 30.5 Å². The number of carbonyl (C=O) groups is 2. The molecule has 11 heteroatoms. The molecule has 0 heterocycles. The Balaban J connectivity index is 3.09. The summed E-state index contributed by atoms with van der Waals surface area (Å²) in [5.74, 6) is -2.13. The Hall–Kier alpha value is -1.65. The fourth-order valence-electron chi connectivity index (χ4n) is 2.76. The molecule has 1 N–H and O–H groups in total. The summed E-state index contributed by atoms with van der Waals surface area (Å²) < 4.78 is 64.8. The van der Waals surface area contributed by atoms with Crippen molar-refractivity contribution in [2.45, 2.75) is 90.4 Å². The van der Waals surface area contributed by atoms with Crippen LogP contribution in [0.4, 0.5) is 22.4 Å². The van der Waals surface area contributed by atoms with E-state index < -0.39 is 60.0 Å². The molecule has 0 unspecified atom stereocenters. The molecule has 1 amide bonds. The molecule has 5 nitrogen and oxygen atoms in total. The maximum atomic E-state index is 14.5. The van der Waals surface area contributed by atoms with Gasteiger partial charge in [0.25, 0.3) is 0 Å². The molecular weight excluding hydrogens is 494 g/mol. The van der Waals surface area contributed by atoms with E-state index in [0.29, 0.717) is 6.07 Å². The van der Waals surface area contributed by atoms with Crippen molar-refractivity contribution < 1.29 is 36.3 Å². The number of hydrogen-bond acceptors (Lipinski definition) is 4. The first-order chi connectivity index (χ1) is 15.1. The number of nitrogens with one attached hydrogen (secondary N) is 1. The van der Waals surface area contributed by atoms with Crippen LogP contribution in [0.2, 0.25) is 23.2 Å². The largest absolute Gasteiger partial charge is 0.444 e. The van der Waals surface area contributed by atoms with Gasteiger partial charge in [0, 0.05) is 13.0 Å². The van der Waals surface area contributed by atoms with Gasteiger partial charge >= 0.3 is 12.3 Å². The first-order valence-corrected chi connectivity index (χ1v) is 14.2. The van der Waals surface area contributed by atoms with Crippen molar-refractivity contribution >= 4 is 31.8 Å². The summed E-state index contributed by atoms with van der Waals surface area (Å²) in [5, 5.41) is 1.77. The zero-order valence-electron chi connectivity index (χ0n) is 20.9. The zero-order valence-corrected chi connectivity index (χ0v) is 22.6. The molecule has 0 saturated heterocycles. The summed E-state index contributed by atoms with van der Waals surface area (Å²) in [4.78, 5) is 24.8. The van der Waals surface area contributed by atoms with Crippen LogP contribution in [0.3, 0.4) is 0 Å². The van der Waals surface area contributed by atoms with Gasteiger partial charge in [-0.25, -0.2) is 9.18 Å². The minimum absolute atomic E-state index is 0.116. The molecule has 34 heavy (non-hydrogen) atoms. The van der Waals surface area contributed by atoms with E-state index in [4.69, 9.17) is 20.8 Å². The minimum atomic E-state index is -4.80. The number of hydrogen-bond donors (Lipinski definition) is 1. The third kappa shape index (κ3) is 9.18. The summed E-state index contributed by atoms with van der Waals surface area (Å²) in [6.07, 6.45) is -6.27. The highest BCUT2D eigenvalue weighted by molar-refractivity contribution is 6.74. The van der Waals surface area contributed by atoms with Crippen molar-refractivity contribution in [3.05, 3.63) is 34.1 Å².